The summed E-state index contributed by atoms with van der Waals surface area (Å²) in [5, 5.41) is 28.3. The van der Waals surface area contributed by atoms with Crippen LogP contribution in [0.25, 0.3) is 0 Å². The number of aromatic hydroxyl groups is 1. The lowest BCUT2D eigenvalue weighted by Gasteiger charge is -2.06. The van der Waals surface area contributed by atoms with Crippen molar-refractivity contribution in [3.05, 3.63) is 40.1 Å². The van der Waals surface area contributed by atoms with Crippen LogP contribution in [-0.2, 0) is 4.79 Å². The van der Waals surface area contributed by atoms with Crippen LogP contribution < -0.4 is 4.74 Å². The van der Waals surface area contributed by atoms with Crippen LogP contribution in [0.4, 0.5) is 5.69 Å². The van der Waals surface area contributed by atoms with Gasteiger partial charge < -0.3 is 14.9 Å². The van der Waals surface area contributed by atoms with Gasteiger partial charge in [0.25, 0.3) is 5.69 Å². The second kappa shape index (κ2) is 4.97. The molecule has 1 rings (SSSR count). The molecule has 0 heterocycles. The highest BCUT2D eigenvalue weighted by molar-refractivity contribution is 5.80. The molecular formula is C10H9NO6. The van der Waals surface area contributed by atoms with Gasteiger partial charge in [0.15, 0.2) is 11.5 Å². The van der Waals surface area contributed by atoms with Gasteiger partial charge in [-0.05, 0) is 13.0 Å². The standard InChI is InChI=1S/C10H9NO6/c1-6(4-10(13)14)17-9-5-7(11(15)16)2-3-8(9)12/h2-5,12H,1H3,(H,13,14). The van der Waals surface area contributed by atoms with Crippen molar-refractivity contribution < 1.29 is 24.7 Å². The van der Waals surface area contributed by atoms with Gasteiger partial charge in [0.1, 0.15) is 5.76 Å². The van der Waals surface area contributed by atoms with Gasteiger partial charge in [-0.3, -0.25) is 10.1 Å². The molecule has 0 saturated carbocycles. The molecule has 7 nitrogen and oxygen atoms in total. The summed E-state index contributed by atoms with van der Waals surface area (Å²) in [4.78, 5) is 20.2. The summed E-state index contributed by atoms with van der Waals surface area (Å²) in [6.45, 7) is 1.35. The van der Waals surface area contributed by atoms with Crippen molar-refractivity contribution in [3.63, 3.8) is 0 Å². The average molecular weight is 239 g/mol. The van der Waals surface area contributed by atoms with Gasteiger partial charge in [-0.1, -0.05) is 0 Å². The zero-order chi connectivity index (χ0) is 13.0. The Hall–Kier alpha value is -2.57. The molecule has 1 aromatic rings. The summed E-state index contributed by atoms with van der Waals surface area (Å²) in [6.07, 6.45) is 0.776. The number of nitro benzene ring substituents is 1. The first-order valence-corrected chi connectivity index (χ1v) is 4.46. The van der Waals surface area contributed by atoms with Gasteiger partial charge in [0.2, 0.25) is 0 Å². The minimum absolute atomic E-state index is 0.00621. The first kappa shape index (κ1) is 12.5. The molecule has 0 aliphatic heterocycles. The fraction of sp³-hybridized carbons (Fsp3) is 0.100. The number of carbonyl (C=O) groups is 1. The number of carboxylic acids is 1. The maximum atomic E-state index is 10.5. The monoisotopic (exact) mass is 239 g/mol. The van der Waals surface area contributed by atoms with Crippen LogP contribution >= 0.6 is 0 Å². The van der Waals surface area contributed by atoms with Crippen LogP contribution in [0.3, 0.4) is 0 Å². The Labute approximate surface area is 95.7 Å². The molecule has 1 aromatic carbocycles. The number of rotatable bonds is 4. The molecule has 0 radical (unpaired) electrons. The second-order valence-corrected chi connectivity index (χ2v) is 3.10. The number of nitrogens with zero attached hydrogens (tertiary/aromatic N) is 1. The van der Waals surface area contributed by atoms with Gasteiger partial charge >= 0.3 is 5.97 Å². The molecule has 0 bridgehead atoms. The van der Waals surface area contributed by atoms with Crippen molar-refractivity contribution in [2.75, 3.05) is 0 Å². The average Bonchev–Trinajstić information content (AvgIpc) is 2.19. The number of carboxylic acid groups (broad SMARTS) is 1. The number of allylic oxidation sites excluding steroid dienone is 1. The summed E-state index contributed by atoms with van der Waals surface area (Å²) in [5.74, 6) is -1.70. The summed E-state index contributed by atoms with van der Waals surface area (Å²) in [6, 6.07) is 3.22. The maximum Gasteiger partial charge on any atom is 0.331 e. The normalized spacial score (nSPS) is 11.0. The minimum Gasteiger partial charge on any atom is -0.504 e. The number of hydrogen-bond donors (Lipinski definition) is 2. The van der Waals surface area contributed by atoms with Crippen LogP contribution in [0.5, 0.6) is 11.5 Å². The number of phenolic OH excluding ortho intramolecular Hbond substituents is 1. The van der Waals surface area contributed by atoms with Gasteiger partial charge in [0.05, 0.1) is 17.1 Å². The van der Waals surface area contributed by atoms with Crippen molar-refractivity contribution in [2.24, 2.45) is 0 Å². The smallest absolute Gasteiger partial charge is 0.331 e. The largest absolute Gasteiger partial charge is 0.504 e. The fourth-order valence-corrected chi connectivity index (χ4v) is 1.07. The Balaban J connectivity index is 3.01. The highest BCUT2D eigenvalue weighted by Crippen LogP contribution is 2.31. The molecule has 17 heavy (non-hydrogen) atoms. The quantitative estimate of drug-likeness (QED) is 0.358. The van der Waals surface area contributed by atoms with Crippen LogP contribution in [-0.4, -0.2) is 21.1 Å². The number of non-ortho nitro benzene ring substituents is 1. The maximum absolute atomic E-state index is 10.5. The molecule has 0 atom stereocenters. The molecule has 90 valence electrons. The van der Waals surface area contributed by atoms with Crippen LogP contribution in [0, 0.1) is 10.1 Å². The second-order valence-electron chi connectivity index (χ2n) is 3.10. The van der Waals surface area contributed by atoms with E-state index < -0.39 is 10.9 Å². The zero-order valence-electron chi connectivity index (χ0n) is 8.78. The molecular weight excluding hydrogens is 230 g/mol. The van der Waals surface area contributed by atoms with E-state index in [0.717, 1.165) is 24.3 Å². The highest BCUT2D eigenvalue weighted by Gasteiger charge is 2.12. The van der Waals surface area contributed by atoms with E-state index in [4.69, 9.17) is 9.84 Å². The van der Waals surface area contributed by atoms with E-state index in [-0.39, 0.29) is 22.9 Å². The molecule has 7 heteroatoms. The summed E-state index contributed by atoms with van der Waals surface area (Å²) in [5.41, 5.74) is -0.263. The van der Waals surface area contributed by atoms with E-state index in [9.17, 15) is 20.0 Å². The molecule has 0 amide bonds. The third kappa shape index (κ3) is 3.49. The lowest BCUT2D eigenvalue weighted by Crippen LogP contribution is -1.97. The van der Waals surface area contributed by atoms with Gasteiger partial charge in [-0.2, -0.15) is 0 Å². The van der Waals surface area contributed by atoms with E-state index in [1.54, 1.807) is 0 Å². The predicted octanol–water partition coefficient (Wildman–Crippen LogP) is 1.67. The number of hydrogen-bond acceptors (Lipinski definition) is 5. The Morgan fingerprint density at radius 1 is 1.53 bits per heavy atom. The first-order chi connectivity index (χ1) is 7.90. The predicted molar refractivity (Wildman–Crippen MR) is 56.8 cm³/mol. The van der Waals surface area contributed by atoms with Crippen molar-refractivity contribution in [2.45, 2.75) is 6.92 Å². The van der Waals surface area contributed by atoms with Crippen LogP contribution in [0.2, 0.25) is 0 Å². The van der Waals surface area contributed by atoms with Gasteiger partial charge in [-0.15, -0.1) is 0 Å². The van der Waals surface area contributed by atoms with E-state index in [1.807, 2.05) is 0 Å². The lowest BCUT2D eigenvalue weighted by molar-refractivity contribution is -0.384. The Kier molecular flexibility index (Phi) is 3.66. The van der Waals surface area contributed by atoms with E-state index in [1.165, 1.54) is 6.92 Å². The third-order valence-corrected chi connectivity index (χ3v) is 1.75. The molecule has 2 N–H and O–H groups in total. The van der Waals surface area contributed by atoms with E-state index >= 15 is 0 Å². The van der Waals surface area contributed by atoms with Crippen molar-refractivity contribution in [1.29, 1.82) is 0 Å². The number of benzene rings is 1. The molecule has 0 spiro atoms. The van der Waals surface area contributed by atoms with Crippen LogP contribution in [0.1, 0.15) is 6.92 Å². The van der Waals surface area contributed by atoms with E-state index in [2.05, 4.69) is 0 Å². The highest BCUT2D eigenvalue weighted by atomic mass is 16.6. The van der Waals surface area contributed by atoms with Crippen molar-refractivity contribution >= 4 is 11.7 Å². The van der Waals surface area contributed by atoms with Gasteiger partial charge in [-0.25, -0.2) is 4.79 Å². The fourth-order valence-electron chi connectivity index (χ4n) is 1.07. The van der Waals surface area contributed by atoms with Crippen molar-refractivity contribution in [3.8, 4) is 11.5 Å². The van der Waals surface area contributed by atoms with E-state index in [0.29, 0.717) is 0 Å². The molecule has 0 aliphatic rings. The number of ether oxygens (including phenoxy) is 1. The molecule has 0 saturated heterocycles. The minimum atomic E-state index is -1.22. The zero-order valence-corrected chi connectivity index (χ0v) is 8.78. The lowest BCUT2D eigenvalue weighted by atomic mass is 10.3. The Morgan fingerprint density at radius 3 is 2.71 bits per heavy atom. The molecule has 0 aliphatic carbocycles. The molecule has 0 aromatic heterocycles. The Morgan fingerprint density at radius 2 is 2.18 bits per heavy atom. The van der Waals surface area contributed by atoms with Crippen LogP contribution in [0.15, 0.2) is 30.0 Å². The summed E-state index contributed by atoms with van der Waals surface area (Å²) >= 11 is 0. The number of aliphatic carboxylic acids is 1. The molecule has 0 fully saturated rings. The third-order valence-electron chi connectivity index (χ3n) is 1.75. The summed E-state index contributed by atoms with van der Waals surface area (Å²) < 4.78 is 4.97. The SMILES string of the molecule is CC(=CC(=O)O)Oc1cc([N+](=O)[O-])ccc1O. The topological polar surface area (TPSA) is 110 Å². The number of phenols is 1. The number of nitro groups is 1. The van der Waals surface area contributed by atoms with Crippen molar-refractivity contribution in [1.82, 2.24) is 0 Å². The summed E-state index contributed by atoms with van der Waals surface area (Å²) in [7, 11) is 0. The van der Waals surface area contributed by atoms with Gasteiger partial charge in [0, 0.05) is 6.07 Å². The Bertz CT molecular complexity index is 494. The first-order valence-electron chi connectivity index (χ1n) is 4.46. The molecule has 0 unspecified atom stereocenters.